The van der Waals surface area contributed by atoms with E-state index in [1.54, 1.807) is 0 Å². The van der Waals surface area contributed by atoms with Crippen LogP contribution < -0.4 is 0 Å². The zero-order valence-corrected chi connectivity index (χ0v) is 18.9. The first-order valence-corrected chi connectivity index (χ1v) is 11.5. The molecule has 2 atom stereocenters. The molecule has 0 unspecified atom stereocenters. The highest BCUT2D eigenvalue weighted by atomic mass is 79.9. The lowest BCUT2D eigenvalue weighted by Crippen LogP contribution is -2.51. The van der Waals surface area contributed by atoms with Gasteiger partial charge in [0.15, 0.2) is 0 Å². The lowest BCUT2D eigenvalue weighted by atomic mass is 9.66. The Labute approximate surface area is 188 Å². The molecule has 5 rings (SSSR count). The van der Waals surface area contributed by atoms with Crippen LogP contribution in [0.4, 0.5) is 0 Å². The van der Waals surface area contributed by atoms with Gasteiger partial charge >= 0.3 is 5.97 Å². The number of halogens is 1. The third-order valence-electron chi connectivity index (χ3n) is 7.03. The van der Waals surface area contributed by atoms with Gasteiger partial charge in [0.05, 0.1) is 11.6 Å². The van der Waals surface area contributed by atoms with Crippen LogP contribution in [-0.4, -0.2) is 46.8 Å². The quantitative estimate of drug-likeness (QED) is 0.262. The first-order valence-electron chi connectivity index (χ1n) is 10.7. The Morgan fingerprint density at radius 1 is 1.35 bits per heavy atom. The second-order valence-corrected chi connectivity index (χ2v) is 9.38. The molecule has 31 heavy (non-hydrogen) atoms. The van der Waals surface area contributed by atoms with Gasteiger partial charge < -0.3 is 14.1 Å². The largest absolute Gasteiger partial charge is 0.459 e. The summed E-state index contributed by atoms with van der Waals surface area (Å²) in [6, 6.07) is 6.47. The molecule has 2 aromatic rings. The van der Waals surface area contributed by atoms with Crippen molar-refractivity contribution in [3.05, 3.63) is 50.1 Å². The van der Waals surface area contributed by atoms with Gasteiger partial charge in [-0.1, -0.05) is 28.9 Å². The molecule has 164 valence electrons. The first kappa shape index (κ1) is 20.5. The predicted molar refractivity (Wildman–Crippen MR) is 118 cm³/mol. The molecule has 0 bridgehead atoms. The van der Waals surface area contributed by atoms with E-state index in [1.807, 2.05) is 6.07 Å². The number of hydrogen-bond donors (Lipinski definition) is 0. The van der Waals surface area contributed by atoms with Gasteiger partial charge in [-0.05, 0) is 56.0 Å². The Morgan fingerprint density at radius 2 is 2.19 bits per heavy atom. The Bertz CT molecular complexity index is 1110. The second kappa shape index (κ2) is 7.63. The van der Waals surface area contributed by atoms with Crippen molar-refractivity contribution in [1.29, 1.82) is 0 Å². The summed E-state index contributed by atoms with van der Waals surface area (Å²) in [4.78, 5) is 30.5. The summed E-state index contributed by atoms with van der Waals surface area (Å²) in [5, 5.41) is 10.7. The third kappa shape index (κ3) is 3.17. The van der Waals surface area contributed by atoms with Gasteiger partial charge in [0.25, 0.3) is 5.09 Å². The molecule has 4 heterocycles. The van der Waals surface area contributed by atoms with Crippen LogP contribution in [0, 0.1) is 15.5 Å². The summed E-state index contributed by atoms with van der Waals surface area (Å²) in [7, 11) is 0. The maximum Gasteiger partial charge on any atom is 0.355 e. The maximum atomic E-state index is 13.2. The van der Waals surface area contributed by atoms with Crippen molar-refractivity contribution >= 4 is 38.5 Å². The van der Waals surface area contributed by atoms with Gasteiger partial charge in [-0.15, -0.1) is 10.1 Å². The van der Waals surface area contributed by atoms with Crippen LogP contribution in [0.1, 0.15) is 43.5 Å². The van der Waals surface area contributed by atoms with E-state index >= 15 is 0 Å². The number of piperidine rings is 1. The van der Waals surface area contributed by atoms with Crippen molar-refractivity contribution in [3.63, 3.8) is 0 Å². The van der Waals surface area contributed by atoms with Crippen LogP contribution in [0.5, 0.6) is 0 Å². The normalized spacial score (nSPS) is 24.5. The standard InChI is InChI=1S/C22H24BrN3O5/c1-2-22-7-3-8-24-9-6-16-15-5-4-14(23)12-17(15)25(19(16)20(22)24)18(13-22)21(27)30-10-11-31-26(28)29/h4-5,12-13,20H,2-3,6-11H2,1H3/t20-,22+/m1/s1. The summed E-state index contributed by atoms with van der Waals surface area (Å²) in [5.41, 5.74) is 3.89. The summed E-state index contributed by atoms with van der Waals surface area (Å²) in [6.45, 7) is 3.84. The SMILES string of the molecule is CC[C@@]12C=C(C(=O)OCCO[N+](=O)[O-])n3c4c(c5ccc(Br)cc53)CCN(CCC1)[C@H]42. The molecule has 3 aliphatic rings. The fraction of sp³-hybridized carbons (Fsp3) is 0.500. The van der Waals surface area contributed by atoms with E-state index in [1.165, 1.54) is 16.6 Å². The Kier molecular flexibility index (Phi) is 5.05. The molecule has 0 saturated carbocycles. The van der Waals surface area contributed by atoms with E-state index in [0.29, 0.717) is 5.70 Å². The van der Waals surface area contributed by atoms with Gasteiger partial charge in [0, 0.05) is 27.5 Å². The maximum absolute atomic E-state index is 13.2. The molecule has 0 N–H and O–H groups in total. The zero-order valence-electron chi connectivity index (χ0n) is 17.3. The predicted octanol–water partition coefficient (Wildman–Crippen LogP) is 4.10. The van der Waals surface area contributed by atoms with Gasteiger partial charge in [0.1, 0.15) is 18.9 Å². The molecular weight excluding hydrogens is 466 g/mol. The molecule has 0 aliphatic carbocycles. The topological polar surface area (TPSA) is 86.8 Å². The highest BCUT2D eigenvalue weighted by Gasteiger charge is 2.51. The number of aromatic nitrogens is 1. The minimum atomic E-state index is -0.881. The zero-order chi connectivity index (χ0) is 21.8. The van der Waals surface area contributed by atoms with E-state index in [-0.39, 0.29) is 24.7 Å². The average molecular weight is 490 g/mol. The van der Waals surface area contributed by atoms with Crippen molar-refractivity contribution in [2.75, 3.05) is 26.3 Å². The summed E-state index contributed by atoms with van der Waals surface area (Å²) in [6.07, 6.45) is 6.12. The molecule has 1 aromatic carbocycles. The molecule has 9 heteroatoms. The highest BCUT2D eigenvalue weighted by molar-refractivity contribution is 9.10. The van der Waals surface area contributed by atoms with Crippen molar-refractivity contribution < 1.29 is 19.5 Å². The Morgan fingerprint density at radius 3 is 2.97 bits per heavy atom. The molecule has 1 saturated heterocycles. The summed E-state index contributed by atoms with van der Waals surface area (Å²) >= 11 is 3.58. The number of benzene rings is 1. The highest BCUT2D eigenvalue weighted by Crippen LogP contribution is 2.57. The van der Waals surface area contributed by atoms with Crippen LogP contribution in [0.2, 0.25) is 0 Å². The number of ether oxygens (including phenoxy) is 1. The Hall–Kier alpha value is -2.39. The van der Waals surface area contributed by atoms with Crippen molar-refractivity contribution in [2.24, 2.45) is 5.41 Å². The fourth-order valence-electron chi connectivity index (χ4n) is 5.77. The molecule has 8 nitrogen and oxygen atoms in total. The second-order valence-electron chi connectivity index (χ2n) is 8.46. The van der Waals surface area contributed by atoms with Crippen molar-refractivity contribution in [2.45, 2.75) is 38.6 Å². The van der Waals surface area contributed by atoms with Gasteiger partial charge in [0.2, 0.25) is 0 Å². The number of hydrogen-bond acceptors (Lipinski definition) is 6. The molecule has 1 fully saturated rings. The van der Waals surface area contributed by atoms with Crippen molar-refractivity contribution in [1.82, 2.24) is 9.47 Å². The third-order valence-corrected chi connectivity index (χ3v) is 7.52. The number of rotatable bonds is 6. The lowest BCUT2D eigenvalue weighted by molar-refractivity contribution is -0.757. The number of nitrogens with zero attached hydrogens (tertiary/aromatic N) is 3. The van der Waals surface area contributed by atoms with Crippen LogP contribution in [0.25, 0.3) is 16.6 Å². The van der Waals surface area contributed by atoms with Crippen molar-refractivity contribution in [3.8, 4) is 0 Å². The van der Waals surface area contributed by atoms with E-state index in [4.69, 9.17) is 4.74 Å². The minimum absolute atomic E-state index is 0.124. The number of esters is 1. The van der Waals surface area contributed by atoms with E-state index in [2.05, 4.69) is 55.4 Å². The molecule has 0 radical (unpaired) electrons. The monoisotopic (exact) mass is 489 g/mol. The molecule has 3 aliphatic heterocycles. The molecular formula is C22H24BrN3O5. The number of fused-ring (bicyclic) bond motifs is 3. The van der Waals surface area contributed by atoms with Gasteiger partial charge in [-0.2, -0.15) is 0 Å². The smallest absolute Gasteiger partial charge is 0.355 e. The summed E-state index contributed by atoms with van der Waals surface area (Å²) in [5.74, 6) is -0.472. The van der Waals surface area contributed by atoms with Crippen LogP contribution in [0.3, 0.4) is 0 Å². The number of carbonyl (C=O) groups is 1. The van der Waals surface area contributed by atoms with E-state index in [9.17, 15) is 14.9 Å². The fourth-order valence-corrected chi connectivity index (χ4v) is 6.12. The van der Waals surface area contributed by atoms with Gasteiger partial charge in [-0.25, -0.2) is 4.79 Å². The van der Waals surface area contributed by atoms with Crippen LogP contribution in [0.15, 0.2) is 28.7 Å². The van der Waals surface area contributed by atoms with Crippen LogP contribution in [-0.2, 0) is 20.8 Å². The van der Waals surface area contributed by atoms with E-state index in [0.717, 1.165) is 48.8 Å². The number of carbonyl (C=O) groups excluding carboxylic acids is 1. The van der Waals surface area contributed by atoms with E-state index < -0.39 is 11.1 Å². The minimum Gasteiger partial charge on any atom is -0.459 e. The first-order chi connectivity index (χ1) is 14.9. The lowest BCUT2D eigenvalue weighted by Gasteiger charge is -2.53. The Balaban J connectivity index is 1.65. The molecule has 0 spiro atoms. The summed E-state index contributed by atoms with van der Waals surface area (Å²) < 4.78 is 8.43. The molecule has 1 aromatic heterocycles. The molecule has 0 amide bonds. The van der Waals surface area contributed by atoms with Gasteiger partial charge in [-0.3, -0.25) is 4.90 Å². The van der Waals surface area contributed by atoms with Crippen LogP contribution >= 0.6 is 15.9 Å². The average Bonchev–Trinajstić information content (AvgIpc) is 3.09.